The van der Waals surface area contributed by atoms with Crippen molar-refractivity contribution in [1.29, 1.82) is 0 Å². The van der Waals surface area contributed by atoms with Crippen molar-refractivity contribution >= 4 is 15.9 Å². The van der Waals surface area contributed by atoms with Gasteiger partial charge in [0, 0.05) is 6.20 Å². The van der Waals surface area contributed by atoms with Crippen molar-refractivity contribution in [1.82, 2.24) is 10.3 Å². The third-order valence-electron chi connectivity index (χ3n) is 3.48. The van der Waals surface area contributed by atoms with Crippen molar-refractivity contribution < 1.29 is 4.39 Å². The lowest BCUT2D eigenvalue weighted by Crippen LogP contribution is -2.26. The van der Waals surface area contributed by atoms with Crippen LogP contribution >= 0.6 is 15.9 Å². The molecular weight excluding hydrogens is 331 g/mol. The molecule has 0 saturated carbocycles. The Balaban J connectivity index is 2.28. The quantitative estimate of drug-likeness (QED) is 0.824. The fourth-order valence-corrected chi connectivity index (χ4v) is 2.80. The van der Waals surface area contributed by atoms with Crippen LogP contribution in [0, 0.1) is 12.7 Å². The van der Waals surface area contributed by atoms with E-state index in [1.165, 1.54) is 6.07 Å². The van der Waals surface area contributed by atoms with Crippen LogP contribution < -0.4 is 5.32 Å². The van der Waals surface area contributed by atoms with Crippen molar-refractivity contribution in [2.75, 3.05) is 6.54 Å². The molecular formula is C17H20BrFN2. The second kappa shape index (κ2) is 7.66. The predicted molar refractivity (Wildman–Crippen MR) is 87.8 cm³/mol. The van der Waals surface area contributed by atoms with Gasteiger partial charge in [0.1, 0.15) is 5.82 Å². The first-order valence-corrected chi connectivity index (χ1v) is 8.00. The minimum atomic E-state index is -0.223. The minimum absolute atomic E-state index is 0.0873. The number of nitrogens with one attached hydrogen (secondary N) is 1. The van der Waals surface area contributed by atoms with E-state index < -0.39 is 0 Å². The molecule has 1 unspecified atom stereocenters. The van der Waals surface area contributed by atoms with Crippen molar-refractivity contribution in [2.45, 2.75) is 32.7 Å². The van der Waals surface area contributed by atoms with Gasteiger partial charge < -0.3 is 5.32 Å². The van der Waals surface area contributed by atoms with Gasteiger partial charge in [-0.3, -0.25) is 4.98 Å². The fraction of sp³-hybridized carbons (Fsp3) is 0.353. The van der Waals surface area contributed by atoms with Crippen LogP contribution in [0.2, 0.25) is 0 Å². The van der Waals surface area contributed by atoms with Gasteiger partial charge in [-0.1, -0.05) is 25.1 Å². The smallest absolute Gasteiger partial charge is 0.137 e. The number of pyridine rings is 1. The normalized spacial score (nSPS) is 12.4. The lowest BCUT2D eigenvalue weighted by molar-refractivity contribution is 0.512. The summed E-state index contributed by atoms with van der Waals surface area (Å²) in [6.45, 7) is 5.10. The van der Waals surface area contributed by atoms with Gasteiger partial charge in [0.25, 0.3) is 0 Å². The van der Waals surface area contributed by atoms with E-state index in [4.69, 9.17) is 0 Å². The molecule has 112 valence electrons. The number of aromatic nitrogens is 1. The summed E-state index contributed by atoms with van der Waals surface area (Å²) in [6.07, 6.45) is 3.56. The minimum Gasteiger partial charge on any atom is -0.308 e. The molecule has 0 fully saturated rings. The molecule has 0 amide bonds. The summed E-state index contributed by atoms with van der Waals surface area (Å²) < 4.78 is 14.2. The molecule has 1 aromatic heterocycles. The van der Waals surface area contributed by atoms with Crippen molar-refractivity contribution in [3.05, 3.63) is 63.6 Å². The van der Waals surface area contributed by atoms with Crippen LogP contribution in [0.25, 0.3) is 0 Å². The van der Waals surface area contributed by atoms with Gasteiger partial charge in [-0.15, -0.1) is 0 Å². The molecule has 0 saturated heterocycles. The van der Waals surface area contributed by atoms with E-state index in [1.807, 2.05) is 18.3 Å². The van der Waals surface area contributed by atoms with Crippen LogP contribution in [0.4, 0.5) is 4.39 Å². The lowest BCUT2D eigenvalue weighted by atomic mass is 9.99. The Labute approximate surface area is 133 Å². The van der Waals surface area contributed by atoms with Gasteiger partial charge in [0.2, 0.25) is 0 Å². The SMILES string of the molecule is CCCNC(Cc1cccc(F)c1Br)c1ncccc1C. The van der Waals surface area contributed by atoms with Gasteiger partial charge in [0.05, 0.1) is 16.2 Å². The van der Waals surface area contributed by atoms with E-state index in [-0.39, 0.29) is 11.9 Å². The third kappa shape index (κ3) is 4.11. The highest BCUT2D eigenvalue weighted by atomic mass is 79.9. The molecule has 2 aromatic rings. The summed E-state index contributed by atoms with van der Waals surface area (Å²) in [6, 6.07) is 9.25. The first-order chi connectivity index (χ1) is 10.1. The Bertz CT molecular complexity index is 601. The second-order valence-corrected chi connectivity index (χ2v) is 5.92. The number of hydrogen-bond donors (Lipinski definition) is 1. The van der Waals surface area contributed by atoms with Crippen molar-refractivity contribution in [3.63, 3.8) is 0 Å². The Morgan fingerprint density at radius 3 is 2.81 bits per heavy atom. The number of hydrogen-bond acceptors (Lipinski definition) is 2. The average Bonchev–Trinajstić information content (AvgIpc) is 2.48. The zero-order chi connectivity index (χ0) is 15.2. The maximum Gasteiger partial charge on any atom is 0.137 e. The summed E-state index contributed by atoms with van der Waals surface area (Å²) in [5.41, 5.74) is 3.13. The molecule has 4 heteroatoms. The van der Waals surface area contributed by atoms with E-state index in [9.17, 15) is 4.39 Å². The molecule has 1 heterocycles. The number of aryl methyl sites for hydroxylation is 1. The molecule has 0 radical (unpaired) electrons. The number of benzene rings is 1. The third-order valence-corrected chi connectivity index (χ3v) is 4.36. The van der Waals surface area contributed by atoms with Crippen LogP contribution in [0.15, 0.2) is 41.0 Å². The topological polar surface area (TPSA) is 24.9 Å². The Morgan fingerprint density at radius 2 is 2.10 bits per heavy atom. The van der Waals surface area contributed by atoms with E-state index >= 15 is 0 Å². The van der Waals surface area contributed by atoms with Crippen molar-refractivity contribution in [2.24, 2.45) is 0 Å². The van der Waals surface area contributed by atoms with Crippen LogP contribution in [0.3, 0.4) is 0 Å². The summed E-state index contributed by atoms with van der Waals surface area (Å²) in [5, 5.41) is 3.52. The second-order valence-electron chi connectivity index (χ2n) is 5.13. The Morgan fingerprint density at radius 1 is 1.29 bits per heavy atom. The molecule has 0 aliphatic carbocycles. The van der Waals surface area contributed by atoms with Crippen LogP contribution in [0.1, 0.15) is 36.2 Å². The molecule has 21 heavy (non-hydrogen) atoms. The summed E-state index contributed by atoms with van der Waals surface area (Å²) >= 11 is 3.34. The van der Waals surface area contributed by atoms with E-state index in [1.54, 1.807) is 6.07 Å². The Hall–Kier alpha value is -1.26. The largest absolute Gasteiger partial charge is 0.308 e. The summed E-state index contributed by atoms with van der Waals surface area (Å²) in [7, 11) is 0. The first kappa shape index (κ1) is 16.1. The molecule has 1 atom stereocenters. The zero-order valence-corrected chi connectivity index (χ0v) is 14.0. The van der Waals surface area contributed by atoms with Crippen LogP contribution in [0.5, 0.6) is 0 Å². The maximum atomic E-state index is 13.7. The molecule has 0 bridgehead atoms. The highest BCUT2D eigenvalue weighted by Gasteiger charge is 2.17. The van der Waals surface area contributed by atoms with E-state index in [0.29, 0.717) is 10.9 Å². The lowest BCUT2D eigenvalue weighted by Gasteiger charge is -2.20. The number of nitrogens with zero attached hydrogens (tertiary/aromatic N) is 1. The van der Waals surface area contributed by atoms with E-state index in [0.717, 1.165) is 29.8 Å². The van der Waals surface area contributed by atoms with E-state index in [2.05, 4.69) is 46.1 Å². The van der Waals surface area contributed by atoms with Crippen LogP contribution in [-0.2, 0) is 6.42 Å². The van der Waals surface area contributed by atoms with Gasteiger partial charge >= 0.3 is 0 Å². The zero-order valence-electron chi connectivity index (χ0n) is 12.4. The highest BCUT2D eigenvalue weighted by molar-refractivity contribution is 9.10. The molecule has 1 N–H and O–H groups in total. The summed E-state index contributed by atoms with van der Waals surface area (Å²) in [5.74, 6) is -0.223. The number of rotatable bonds is 6. The standard InChI is InChI=1S/C17H20BrFN2/c1-3-9-20-15(17-12(2)6-5-10-21-17)11-13-7-4-8-14(19)16(13)18/h4-8,10,15,20H,3,9,11H2,1-2H3. The first-order valence-electron chi connectivity index (χ1n) is 7.21. The fourth-order valence-electron chi connectivity index (χ4n) is 2.37. The average molecular weight is 351 g/mol. The molecule has 0 spiro atoms. The Kier molecular flexibility index (Phi) is 5.88. The molecule has 0 aliphatic heterocycles. The van der Waals surface area contributed by atoms with Gasteiger partial charge in [-0.25, -0.2) is 4.39 Å². The van der Waals surface area contributed by atoms with Gasteiger partial charge in [0.15, 0.2) is 0 Å². The maximum absolute atomic E-state index is 13.7. The van der Waals surface area contributed by atoms with Crippen molar-refractivity contribution in [3.8, 4) is 0 Å². The monoisotopic (exact) mass is 350 g/mol. The molecule has 1 aromatic carbocycles. The number of halogens is 2. The highest BCUT2D eigenvalue weighted by Crippen LogP contribution is 2.26. The molecule has 0 aliphatic rings. The van der Waals surface area contributed by atoms with Gasteiger partial charge in [-0.05, 0) is 65.5 Å². The van der Waals surface area contributed by atoms with Crippen LogP contribution in [-0.4, -0.2) is 11.5 Å². The van der Waals surface area contributed by atoms with Gasteiger partial charge in [-0.2, -0.15) is 0 Å². The molecule has 2 nitrogen and oxygen atoms in total. The summed E-state index contributed by atoms with van der Waals surface area (Å²) in [4.78, 5) is 4.51. The predicted octanol–water partition coefficient (Wildman–Crippen LogP) is 4.58. The molecule has 2 rings (SSSR count).